The first kappa shape index (κ1) is 48.7. The molecule has 0 radical (unpaired) electrons. The fourth-order valence-corrected chi connectivity index (χ4v) is 5.88. The van der Waals surface area contributed by atoms with Crippen LogP contribution in [-0.4, -0.2) is 65.6 Å². The van der Waals surface area contributed by atoms with Gasteiger partial charge in [-0.3, -0.25) is 0 Å². The van der Waals surface area contributed by atoms with Crippen molar-refractivity contribution < 1.29 is 24.0 Å². The summed E-state index contributed by atoms with van der Waals surface area (Å²) in [4.78, 5) is 21.6. The van der Waals surface area contributed by atoms with E-state index in [2.05, 4.69) is 27.7 Å². The van der Waals surface area contributed by atoms with Gasteiger partial charge in [-0.1, -0.05) is 182 Å². The summed E-state index contributed by atoms with van der Waals surface area (Å²) in [5, 5.41) is 0. The van der Waals surface area contributed by atoms with E-state index in [4.69, 9.17) is 24.0 Å². The van der Waals surface area contributed by atoms with E-state index in [1.165, 1.54) is 180 Å². The predicted octanol–water partition coefficient (Wildman–Crippen LogP) is 11.4. The van der Waals surface area contributed by atoms with Crippen LogP contribution in [0.4, 0.5) is 0 Å². The summed E-state index contributed by atoms with van der Waals surface area (Å²) in [6, 6.07) is 0. The van der Waals surface area contributed by atoms with Crippen LogP contribution in [0.15, 0.2) is 0 Å². The van der Waals surface area contributed by atoms with Crippen molar-refractivity contribution in [1.29, 1.82) is 0 Å². The Morgan fingerprint density at radius 1 is 0.419 bits per heavy atom. The summed E-state index contributed by atoms with van der Waals surface area (Å²) < 4.78 is 15.4. The summed E-state index contributed by atoms with van der Waals surface area (Å²) in [6.07, 6.45) is 39.7. The molecule has 2 atom stereocenters. The van der Waals surface area contributed by atoms with Crippen molar-refractivity contribution in [2.45, 2.75) is 207 Å². The molecule has 0 aliphatic rings. The topological polar surface area (TPSA) is 87.0 Å². The second kappa shape index (κ2) is 39.5. The van der Waals surface area contributed by atoms with E-state index in [9.17, 15) is 0 Å². The number of ether oxygens (including phenoxy) is 1. The minimum atomic E-state index is -4.64. The summed E-state index contributed by atoms with van der Waals surface area (Å²) in [6.45, 7) is 11.3. The molecule has 0 heterocycles. The summed E-state index contributed by atoms with van der Waals surface area (Å²) in [7, 11) is -4.64. The molecule has 0 saturated carbocycles. The SMILES string of the molecule is CCCCCCCCCCC(CCCCCC)COCC(CCCCCC)CCCCCCCCCC.O=P(O)(O)O.[CaH2]. The second-order valence-electron chi connectivity index (χ2n) is 13.0. The molecule has 0 fully saturated rings. The molecule has 0 saturated heterocycles. The Kier molecular flexibility index (Phi) is 44.8. The Bertz CT molecular complexity index is 501. The molecule has 5 nitrogen and oxygen atoms in total. The molecule has 0 aromatic heterocycles. The molecular weight excluding hydrogens is 583 g/mol. The number of hydrogen-bond donors (Lipinski definition) is 3. The molecule has 3 N–H and O–H groups in total. The zero-order valence-electron chi connectivity index (χ0n) is 29.0. The molecule has 7 heteroatoms. The van der Waals surface area contributed by atoms with Crippen molar-refractivity contribution in [2.24, 2.45) is 11.8 Å². The summed E-state index contributed by atoms with van der Waals surface area (Å²) in [5.41, 5.74) is 0. The molecule has 0 aliphatic carbocycles. The zero-order chi connectivity index (χ0) is 31.6. The average Bonchev–Trinajstić information content (AvgIpc) is 2.94. The molecule has 0 amide bonds. The Morgan fingerprint density at radius 2 is 0.605 bits per heavy atom. The number of phosphoric acid groups is 1. The maximum absolute atomic E-state index is 8.88. The van der Waals surface area contributed by atoms with E-state index < -0.39 is 7.82 Å². The van der Waals surface area contributed by atoms with Gasteiger partial charge >= 0.3 is 45.6 Å². The normalized spacial score (nSPS) is 12.8. The van der Waals surface area contributed by atoms with Gasteiger partial charge < -0.3 is 19.4 Å². The van der Waals surface area contributed by atoms with Crippen LogP contribution in [-0.2, 0) is 9.30 Å². The van der Waals surface area contributed by atoms with Crippen LogP contribution in [0.25, 0.3) is 0 Å². The van der Waals surface area contributed by atoms with Crippen molar-refractivity contribution in [3.05, 3.63) is 0 Å². The summed E-state index contributed by atoms with van der Waals surface area (Å²) in [5.74, 6) is 1.61. The minimum absolute atomic E-state index is 0. The van der Waals surface area contributed by atoms with E-state index in [1.807, 2.05) is 0 Å². The van der Waals surface area contributed by atoms with Crippen LogP contribution in [0, 0.1) is 11.8 Å². The van der Waals surface area contributed by atoms with Gasteiger partial charge in [-0.05, 0) is 37.5 Å². The molecular formula is C36H79CaO5P. The first-order valence-electron chi connectivity index (χ1n) is 18.6. The van der Waals surface area contributed by atoms with Gasteiger partial charge in [0.05, 0.1) is 0 Å². The number of hydrogen-bond acceptors (Lipinski definition) is 2. The predicted molar refractivity (Wildman–Crippen MR) is 193 cm³/mol. The van der Waals surface area contributed by atoms with Crippen molar-refractivity contribution in [2.75, 3.05) is 13.2 Å². The molecule has 0 aromatic rings. The van der Waals surface area contributed by atoms with Gasteiger partial charge in [-0.25, -0.2) is 4.57 Å². The van der Waals surface area contributed by atoms with E-state index in [0.717, 1.165) is 25.0 Å². The van der Waals surface area contributed by atoms with Gasteiger partial charge in [0.25, 0.3) is 0 Å². The van der Waals surface area contributed by atoms with Crippen LogP contribution < -0.4 is 0 Å². The molecule has 0 aliphatic heterocycles. The molecule has 2 unspecified atom stereocenters. The molecule has 0 spiro atoms. The van der Waals surface area contributed by atoms with Gasteiger partial charge in [0.15, 0.2) is 0 Å². The van der Waals surface area contributed by atoms with Crippen LogP contribution in [0.5, 0.6) is 0 Å². The standard InChI is InChI=1S/C36H74O.Ca.H3O4P.2H/c1-5-9-13-17-19-21-23-27-31-35(29-25-15-11-7-3)33-37-34-36(30-26-16-12-8-4)32-28-24-22-20-18-14-10-6-2;;1-5(2,3)4;;/h35-36H,5-34H2,1-4H3;;(H3,1,2,3,4);;. The molecule has 43 heavy (non-hydrogen) atoms. The quantitative estimate of drug-likeness (QED) is 0.0379. The van der Waals surface area contributed by atoms with E-state index in [-0.39, 0.29) is 37.7 Å². The van der Waals surface area contributed by atoms with E-state index in [0.29, 0.717) is 0 Å². The Balaban J connectivity index is -0.00000244. The third-order valence-electron chi connectivity index (χ3n) is 8.57. The summed E-state index contributed by atoms with van der Waals surface area (Å²) >= 11 is 0. The first-order valence-corrected chi connectivity index (χ1v) is 20.2. The van der Waals surface area contributed by atoms with Crippen LogP contribution >= 0.6 is 7.82 Å². The fourth-order valence-electron chi connectivity index (χ4n) is 5.88. The maximum atomic E-state index is 8.88. The molecule has 0 aromatic carbocycles. The van der Waals surface area contributed by atoms with Gasteiger partial charge in [0, 0.05) is 13.2 Å². The van der Waals surface area contributed by atoms with Crippen molar-refractivity contribution >= 4 is 45.6 Å². The van der Waals surface area contributed by atoms with Crippen LogP contribution in [0.1, 0.15) is 207 Å². The van der Waals surface area contributed by atoms with Crippen LogP contribution in [0.2, 0.25) is 0 Å². The molecule has 0 rings (SSSR count). The average molecular weight is 663 g/mol. The fraction of sp³-hybridized carbons (Fsp3) is 1.00. The van der Waals surface area contributed by atoms with Crippen molar-refractivity contribution in [3.8, 4) is 0 Å². The second-order valence-corrected chi connectivity index (χ2v) is 14.0. The van der Waals surface area contributed by atoms with Gasteiger partial charge in [0.2, 0.25) is 0 Å². The van der Waals surface area contributed by atoms with E-state index in [1.54, 1.807) is 0 Å². The Hall–Kier alpha value is 1.33. The van der Waals surface area contributed by atoms with Gasteiger partial charge in [-0.2, -0.15) is 0 Å². The zero-order valence-corrected chi connectivity index (χ0v) is 29.9. The van der Waals surface area contributed by atoms with E-state index >= 15 is 0 Å². The van der Waals surface area contributed by atoms with Gasteiger partial charge in [0.1, 0.15) is 0 Å². The Labute approximate surface area is 300 Å². The third-order valence-corrected chi connectivity index (χ3v) is 8.57. The monoisotopic (exact) mass is 663 g/mol. The van der Waals surface area contributed by atoms with Crippen molar-refractivity contribution in [3.63, 3.8) is 0 Å². The molecule has 260 valence electrons. The Morgan fingerprint density at radius 3 is 0.837 bits per heavy atom. The molecule has 0 bridgehead atoms. The van der Waals surface area contributed by atoms with Crippen LogP contribution in [0.3, 0.4) is 0 Å². The number of unbranched alkanes of at least 4 members (excludes halogenated alkanes) is 20. The van der Waals surface area contributed by atoms with Gasteiger partial charge in [-0.15, -0.1) is 0 Å². The first-order chi connectivity index (χ1) is 20.3. The number of rotatable bonds is 32. The van der Waals surface area contributed by atoms with Crippen molar-refractivity contribution in [1.82, 2.24) is 0 Å². The third kappa shape index (κ3) is 47.8.